The number of ether oxygens (including phenoxy) is 1. The second kappa shape index (κ2) is 8.61. The molecule has 5 nitrogen and oxygen atoms in total. The van der Waals surface area contributed by atoms with Gasteiger partial charge in [-0.15, -0.1) is 0 Å². The van der Waals surface area contributed by atoms with Gasteiger partial charge in [0.05, 0.1) is 4.91 Å². The normalized spacial score (nSPS) is 15.0. The minimum absolute atomic E-state index is 0.272. The van der Waals surface area contributed by atoms with Gasteiger partial charge in [0.15, 0.2) is 5.17 Å². The van der Waals surface area contributed by atoms with E-state index >= 15 is 0 Å². The lowest BCUT2D eigenvalue weighted by atomic mass is 10.2. The third-order valence-electron chi connectivity index (χ3n) is 3.47. The number of rotatable bonds is 4. The Morgan fingerprint density at radius 1 is 1.26 bits per heavy atom. The monoisotopic (exact) mass is 420 g/mol. The van der Waals surface area contributed by atoms with Gasteiger partial charge in [0.2, 0.25) is 5.91 Å². The highest BCUT2D eigenvalue weighted by Gasteiger charge is 2.22. The third kappa shape index (κ3) is 5.35. The van der Waals surface area contributed by atoms with E-state index < -0.39 is 0 Å². The van der Waals surface area contributed by atoms with Crippen molar-refractivity contribution in [1.29, 1.82) is 0 Å². The molecular formula is C19H14Cl2N2O3S. The lowest BCUT2D eigenvalue weighted by molar-refractivity contribution is -0.117. The van der Waals surface area contributed by atoms with Gasteiger partial charge in [-0.25, -0.2) is 0 Å². The Morgan fingerprint density at radius 2 is 2.07 bits per heavy atom. The van der Waals surface area contributed by atoms with Crippen LogP contribution in [0.5, 0.6) is 5.75 Å². The van der Waals surface area contributed by atoms with Crippen LogP contribution in [0.1, 0.15) is 18.1 Å². The number of thioether (sulfide) groups is 1. The summed E-state index contributed by atoms with van der Waals surface area (Å²) < 4.78 is 5.78. The summed E-state index contributed by atoms with van der Waals surface area (Å²) in [4.78, 5) is 27.3. The summed E-state index contributed by atoms with van der Waals surface area (Å²) in [5.74, 6) is -0.0246. The van der Waals surface area contributed by atoms with Gasteiger partial charge in [-0.2, -0.15) is 4.99 Å². The van der Waals surface area contributed by atoms with Gasteiger partial charge in [0, 0.05) is 22.5 Å². The fraction of sp³-hybridized carbons (Fsp3) is 0.105. The summed E-state index contributed by atoms with van der Waals surface area (Å²) in [5.41, 5.74) is 1.60. The number of nitrogens with one attached hydrogen (secondary N) is 1. The first-order chi connectivity index (χ1) is 12.9. The van der Waals surface area contributed by atoms with Gasteiger partial charge >= 0.3 is 0 Å². The molecule has 2 amide bonds. The zero-order valence-corrected chi connectivity index (χ0v) is 16.5. The highest BCUT2D eigenvalue weighted by atomic mass is 35.5. The molecule has 1 N–H and O–H groups in total. The quantitative estimate of drug-likeness (QED) is 0.729. The highest BCUT2D eigenvalue weighted by Crippen LogP contribution is 2.29. The molecule has 1 aliphatic heterocycles. The van der Waals surface area contributed by atoms with Crippen LogP contribution in [0.2, 0.25) is 10.0 Å². The SMILES string of the molecule is CC(=O)NC1=NC(=O)C(=Cc2cccc(OCc3ccc(Cl)cc3Cl)c2)S1. The molecule has 0 aromatic heterocycles. The van der Waals surface area contributed by atoms with E-state index in [1.165, 1.54) is 6.92 Å². The van der Waals surface area contributed by atoms with Crippen molar-refractivity contribution in [2.24, 2.45) is 4.99 Å². The number of amidine groups is 1. The van der Waals surface area contributed by atoms with E-state index in [4.69, 9.17) is 27.9 Å². The number of aliphatic imine (C=N–C) groups is 1. The molecule has 0 spiro atoms. The average molecular weight is 421 g/mol. The lowest BCUT2D eigenvalue weighted by Gasteiger charge is -2.09. The molecule has 0 fully saturated rings. The Labute approximate surface area is 170 Å². The predicted octanol–water partition coefficient (Wildman–Crippen LogP) is 4.68. The molecule has 1 heterocycles. The van der Waals surface area contributed by atoms with E-state index in [1.807, 2.05) is 24.3 Å². The predicted molar refractivity (Wildman–Crippen MR) is 109 cm³/mol. The number of halogens is 2. The Morgan fingerprint density at radius 3 is 2.81 bits per heavy atom. The summed E-state index contributed by atoms with van der Waals surface area (Å²) in [5, 5.41) is 3.90. The smallest absolute Gasteiger partial charge is 0.286 e. The number of hydrogen-bond acceptors (Lipinski definition) is 4. The van der Waals surface area contributed by atoms with Crippen molar-refractivity contribution in [3.8, 4) is 5.75 Å². The first kappa shape index (κ1) is 19.5. The van der Waals surface area contributed by atoms with Crippen LogP contribution in [0, 0.1) is 0 Å². The molecule has 0 bridgehead atoms. The van der Waals surface area contributed by atoms with E-state index in [-0.39, 0.29) is 17.0 Å². The zero-order valence-electron chi connectivity index (χ0n) is 14.2. The minimum atomic E-state index is -0.386. The maximum absolute atomic E-state index is 11.9. The molecule has 3 rings (SSSR count). The van der Waals surface area contributed by atoms with E-state index in [9.17, 15) is 9.59 Å². The lowest BCUT2D eigenvalue weighted by Crippen LogP contribution is -2.23. The molecule has 0 radical (unpaired) electrons. The molecule has 27 heavy (non-hydrogen) atoms. The standard InChI is InChI=1S/C19H14Cl2N2O3S/c1-11(24)22-19-23-18(25)17(27-19)8-12-3-2-4-15(7-12)26-10-13-5-6-14(20)9-16(13)21/h2-9H,10H2,1H3,(H,22,23,24,25). The summed E-state index contributed by atoms with van der Waals surface area (Å²) in [7, 11) is 0. The van der Waals surface area contributed by atoms with Crippen molar-refractivity contribution in [3.63, 3.8) is 0 Å². The summed E-state index contributed by atoms with van der Waals surface area (Å²) in [6, 6.07) is 12.5. The molecular weight excluding hydrogens is 407 g/mol. The van der Waals surface area contributed by atoms with Crippen LogP contribution in [0.15, 0.2) is 52.4 Å². The largest absolute Gasteiger partial charge is 0.489 e. The topological polar surface area (TPSA) is 67.8 Å². The molecule has 0 saturated carbocycles. The van der Waals surface area contributed by atoms with Crippen molar-refractivity contribution in [3.05, 3.63) is 68.5 Å². The van der Waals surface area contributed by atoms with Crippen molar-refractivity contribution >= 4 is 58.0 Å². The number of benzene rings is 2. The van der Waals surface area contributed by atoms with Crippen molar-refractivity contribution in [2.45, 2.75) is 13.5 Å². The molecule has 2 aromatic rings. The molecule has 0 aliphatic carbocycles. The van der Waals surface area contributed by atoms with E-state index in [0.717, 1.165) is 22.9 Å². The molecule has 8 heteroatoms. The third-order valence-corrected chi connectivity index (χ3v) is 4.95. The van der Waals surface area contributed by atoms with Crippen LogP contribution in [0.25, 0.3) is 6.08 Å². The van der Waals surface area contributed by atoms with E-state index in [0.29, 0.717) is 27.3 Å². The number of hydrogen-bond donors (Lipinski definition) is 1. The maximum atomic E-state index is 11.9. The van der Waals surface area contributed by atoms with Crippen LogP contribution in [-0.2, 0) is 16.2 Å². The molecule has 2 aromatic carbocycles. The van der Waals surface area contributed by atoms with Gasteiger partial charge in [-0.3, -0.25) is 9.59 Å². The minimum Gasteiger partial charge on any atom is -0.489 e. The van der Waals surface area contributed by atoms with Crippen molar-refractivity contribution in [2.75, 3.05) is 0 Å². The maximum Gasteiger partial charge on any atom is 0.286 e. The summed E-state index contributed by atoms with van der Waals surface area (Å²) in [6.45, 7) is 1.66. The second-order valence-corrected chi connectivity index (χ2v) is 7.49. The molecule has 138 valence electrons. The highest BCUT2D eigenvalue weighted by molar-refractivity contribution is 8.18. The van der Waals surface area contributed by atoms with E-state index in [2.05, 4.69) is 10.3 Å². The first-order valence-electron chi connectivity index (χ1n) is 7.87. The summed E-state index contributed by atoms with van der Waals surface area (Å²) in [6.07, 6.45) is 1.70. The van der Waals surface area contributed by atoms with Gasteiger partial charge in [-0.1, -0.05) is 41.4 Å². The van der Waals surface area contributed by atoms with Crippen LogP contribution >= 0.6 is 35.0 Å². The first-order valence-corrected chi connectivity index (χ1v) is 9.45. The zero-order chi connectivity index (χ0) is 19.4. The van der Waals surface area contributed by atoms with Gasteiger partial charge in [0.25, 0.3) is 5.91 Å². The molecule has 0 unspecified atom stereocenters. The van der Waals surface area contributed by atoms with Crippen molar-refractivity contribution in [1.82, 2.24) is 5.32 Å². The van der Waals surface area contributed by atoms with Crippen LogP contribution in [0.4, 0.5) is 0 Å². The van der Waals surface area contributed by atoms with Gasteiger partial charge in [-0.05, 0) is 47.7 Å². The molecule has 1 aliphatic rings. The Bertz CT molecular complexity index is 973. The van der Waals surface area contributed by atoms with Crippen molar-refractivity contribution < 1.29 is 14.3 Å². The number of carbonyl (C=O) groups is 2. The van der Waals surface area contributed by atoms with Crippen LogP contribution in [-0.4, -0.2) is 17.0 Å². The molecule has 0 atom stereocenters. The van der Waals surface area contributed by atoms with Gasteiger partial charge in [0.1, 0.15) is 12.4 Å². The van der Waals surface area contributed by atoms with Gasteiger partial charge < -0.3 is 10.1 Å². The number of carbonyl (C=O) groups excluding carboxylic acids is 2. The molecule has 0 saturated heterocycles. The number of nitrogens with zero attached hydrogens (tertiary/aromatic N) is 1. The summed E-state index contributed by atoms with van der Waals surface area (Å²) >= 11 is 13.2. The second-order valence-electron chi connectivity index (χ2n) is 5.61. The Balaban J connectivity index is 1.69. The fourth-order valence-corrected chi connectivity index (χ4v) is 3.58. The Hall–Kier alpha value is -2.28. The Kier molecular flexibility index (Phi) is 6.21. The average Bonchev–Trinajstić information content (AvgIpc) is 2.93. The fourth-order valence-electron chi connectivity index (χ4n) is 2.26. The van der Waals surface area contributed by atoms with Crippen LogP contribution < -0.4 is 10.1 Å². The van der Waals surface area contributed by atoms with Crippen LogP contribution in [0.3, 0.4) is 0 Å². The van der Waals surface area contributed by atoms with E-state index in [1.54, 1.807) is 24.3 Å². The number of amides is 2.